The number of carbonyl (C=O) groups is 1. The van der Waals surface area contributed by atoms with Crippen molar-refractivity contribution in [2.75, 3.05) is 32.7 Å². The highest BCUT2D eigenvalue weighted by molar-refractivity contribution is 5.87. The largest absolute Gasteiger partial charge is 0.390 e. The van der Waals surface area contributed by atoms with Crippen LogP contribution in [0, 0.1) is 0 Å². The molecule has 0 aliphatic carbocycles. The van der Waals surface area contributed by atoms with Crippen LogP contribution >= 0.6 is 0 Å². The number of β-amino-alcohol motifs (C(OH)–C–C–N with tert-alkyl or cyclic N) is 1. The van der Waals surface area contributed by atoms with Crippen LogP contribution in [0.2, 0.25) is 0 Å². The minimum atomic E-state index is -0.578. The number of rotatable bonds is 7. The van der Waals surface area contributed by atoms with Crippen LogP contribution in [0.4, 0.5) is 0 Å². The second-order valence-corrected chi connectivity index (χ2v) is 7.28. The smallest absolute Gasteiger partial charge is 0.241 e. The Balaban J connectivity index is 1.39. The number of piperidine rings is 1. The van der Waals surface area contributed by atoms with E-state index in [1.807, 2.05) is 4.90 Å². The minimum absolute atomic E-state index is 0.101. The third kappa shape index (κ3) is 5.65. The van der Waals surface area contributed by atoms with Crippen LogP contribution in [0.5, 0.6) is 0 Å². The maximum Gasteiger partial charge on any atom is 0.241 e. The Morgan fingerprint density at radius 1 is 1.26 bits per heavy atom. The van der Waals surface area contributed by atoms with Gasteiger partial charge in [0, 0.05) is 39.1 Å². The Kier molecular flexibility index (Phi) is 7.01. The molecule has 0 bridgehead atoms. The molecule has 2 aliphatic rings. The molecule has 1 aromatic carbocycles. The number of likely N-dealkylation sites (tertiary alicyclic amines) is 1. The van der Waals surface area contributed by atoms with Gasteiger partial charge in [-0.3, -0.25) is 14.7 Å². The van der Waals surface area contributed by atoms with Crippen molar-refractivity contribution in [2.24, 2.45) is 4.99 Å². The van der Waals surface area contributed by atoms with Crippen molar-refractivity contribution < 1.29 is 9.90 Å². The fourth-order valence-corrected chi connectivity index (χ4v) is 3.73. The minimum Gasteiger partial charge on any atom is -0.390 e. The molecule has 2 heterocycles. The van der Waals surface area contributed by atoms with E-state index in [4.69, 9.17) is 0 Å². The number of nitrogens with one attached hydrogen (secondary N) is 1. The van der Waals surface area contributed by atoms with Crippen molar-refractivity contribution in [3.05, 3.63) is 48.2 Å². The molecule has 0 spiro atoms. The number of aliphatic hydroxyl groups is 1. The highest BCUT2D eigenvalue weighted by Crippen LogP contribution is 2.18. The molecular weight excluding hydrogens is 340 g/mol. The zero-order valence-corrected chi connectivity index (χ0v) is 15.9. The Labute approximate surface area is 161 Å². The van der Waals surface area contributed by atoms with Crippen molar-refractivity contribution >= 4 is 11.7 Å². The van der Waals surface area contributed by atoms with Gasteiger partial charge in [-0.15, -0.1) is 0 Å². The van der Waals surface area contributed by atoms with E-state index in [-0.39, 0.29) is 19.0 Å². The number of nitrogens with zero attached hydrogens (tertiary/aromatic N) is 3. The van der Waals surface area contributed by atoms with Crippen molar-refractivity contribution in [2.45, 2.75) is 38.3 Å². The van der Waals surface area contributed by atoms with Crippen molar-refractivity contribution in [1.29, 1.82) is 0 Å². The van der Waals surface area contributed by atoms with Gasteiger partial charge >= 0.3 is 0 Å². The Morgan fingerprint density at radius 2 is 2.07 bits per heavy atom. The summed E-state index contributed by atoms with van der Waals surface area (Å²) in [6.45, 7) is 7.43. The lowest BCUT2D eigenvalue weighted by molar-refractivity contribution is -0.120. The molecule has 0 radical (unpaired) electrons. The second kappa shape index (κ2) is 9.67. The third-order valence-electron chi connectivity index (χ3n) is 5.22. The summed E-state index contributed by atoms with van der Waals surface area (Å²) < 4.78 is 0. The van der Waals surface area contributed by atoms with E-state index in [1.54, 1.807) is 6.20 Å². The summed E-state index contributed by atoms with van der Waals surface area (Å²) >= 11 is 0. The SMILES string of the molecule is C=CN1CCCC/C1=N/CC(=O)NCC(O)CN1CCc2ccccc2C1. The Hall–Kier alpha value is -2.18. The topological polar surface area (TPSA) is 68.2 Å². The quantitative estimate of drug-likeness (QED) is 0.764. The number of benzene rings is 1. The van der Waals surface area contributed by atoms with Gasteiger partial charge in [0.15, 0.2) is 0 Å². The number of amidine groups is 1. The molecule has 1 saturated heterocycles. The molecule has 0 aromatic heterocycles. The van der Waals surface area contributed by atoms with E-state index in [1.165, 1.54) is 11.1 Å². The van der Waals surface area contributed by atoms with Gasteiger partial charge in [0.05, 0.1) is 6.10 Å². The first-order chi connectivity index (χ1) is 13.2. The van der Waals surface area contributed by atoms with Gasteiger partial charge in [-0.25, -0.2) is 0 Å². The van der Waals surface area contributed by atoms with Crippen molar-refractivity contribution in [1.82, 2.24) is 15.1 Å². The highest BCUT2D eigenvalue weighted by atomic mass is 16.3. The third-order valence-corrected chi connectivity index (χ3v) is 5.22. The molecule has 1 unspecified atom stereocenters. The van der Waals surface area contributed by atoms with Gasteiger partial charge in [0.25, 0.3) is 0 Å². The zero-order chi connectivity index (χ0) is 19.1. The lowest BCUT2D eigenvalue weighted by Crippen LogP contribution is -2.42. The van der Waals surface area contributed by atoms with Crippen LogP contribution in [-0.2, 0) is 17.8 Å². The molecule has 27 heavy (non-hydrogen) atoms. The van der Waals surface area contributed by atoms with E-state index in [0.29, 0.717) is 6.54 Å². The summed E-state index contributed by atoms with van der Waals surface area (Å²) in [6, 6.07) is 8.45. The average Bonchev–Trinajstić information content (AvgIpc) is 2.70. The maximum absolute atomic E-state index is 12.1. The summed E-state index contributed by atoms with van der Waals surface area (Å²) in [5, 5.41) is 13.1. The molecule has 1 atom stereocenters. The maximum atomic E-state index is 12.1. The van der Waals surface area contributed by atoms with Crippen LogP contribution in [0.15, 0.2) is 42.0 Å². The summed E-state index contributed by atoms with van der Waals surface area (Å²) in [5.74, 6) is 0.777. The van der Waals surface area contributed by atoms with Crippen LogP contribution in [0.1, 0.15) is 30.4 Å². The Morgan fingerprint density at radius 3 is 2.89 bits per heavy atom. The molecule has 6 nitrogen and oxygen atoms in total. The lowest BCUT2D eigenvalue weighted by Gasteiger charge is -2.30. The van der Waals surface area contributed by atoms with E-state index in [9.17, 15) is 9.90 Å². The fraction of sp³-hybridized carbons (Fsp3) is 0.524. The lowest BCUT2D eigenvalue weighted by atomic mass is 10.00. The fourth-order valence-electron chi connectivity index (χ4n) is 3.73. The first-order valence-electron chi connectivity index (χ1n) is 9.82. The predicted molar refractivity (Wildman–Crippen MR) is 107 cm³/mol. The first-order valence-corrected chi connectivity index (χ1v) is 9.82. The van der Waals surface area contributed by atoms with Crippen LogP contribution in [-0.4, -0.2) is 65.5 Å². The molecule has 2 aliphatic heterocycles. The number of carbonyl (C=O) groups excluding carboxylic acids is 1. The number of hydrogen-bond acceptors (Lipinski definition) is 4. The van der Waals surface area contributed by atoms with Gasteiger partial charge in [-0.05, 0) is 36.6 Å². The van der Waals surface area contributed by atoms with Crippen LogP contribution in [0.3, 0.4) is 0 Å². The highest BCUT2D eigenvalue weighted by Gasteiger charge is 2.19. The molecule has 146 valence electrons. The summed E-state index contributed by atoms with van der Waals surface area (Å²) in [7, 11) is 0. The number of fused-ring (bicyclic) bond motifs is 1. The van der Waals surface area contributed by atoms with E-state index >= 15 is 0 Å². The van der Waals surface area contributed by atoms with Gasteiger partial charge in [0.1, 0.15) is 12.4 Å². The zero-order valence-electron chi connectivity index (χ0n) is 15.9. The molecule has 3 rings (SSSR count). The standard InChI is InChI=1S/C21H30N4O2/c1-2-25-11-6-5-9-20(25)22-14-21(27)23-13-19(26)16-24-12-10-17-7-3-4-8-18(17)15-24/h2-4,7-8,19,26H,1,5-6,9-16H2,(H,23,27)/b22-20-. The molecular formula is C21H30N4O2. The van der Waals surface area contributed by atoms with Crippen LogP contribution < -0.4 is 5.32 Å². The first kappa shape index (κ1) is 19.6. The molecule has 1 fully saturated rings. The normalized spacial score (nSPS) is 20.2. The second-order valence-electron chi connectivity index (χ2n) is 7.28. The number of aliphatic imine (C=N–C) groups is 1. The predicted octanol–water partition coefficient (Wildman–Crippen LogP) is 1.55. The van der Waals surface area contributed by atoms with Gasteiger partial charge in [-0.2, -0.15) is 0 Å². The molecule has 1 aromatic rings. The van der Waals surface area contributed by atoms with E-state index in [2.05, 4.69) is 46.1 Å². The Bertz CT molecular complexity index is 689. The summed E-state index contributed by atoms with van der Waals surface area (Å²) in [6.07, 6.45) is 5.32. The number of amides is 1. The van der Waals surface area contributed by atoms with Gasteiger partial charge in [0.2, 0.25) is 5.91 Å². The summed E-state index contributed by atoms with van der Waals surface area (Å²) in [5.41, 5.74) is 2.72. The van der Waals surface area contributed by atoms with Gasteiger partial charge < -0.3 is 15.3 Å². The van der Waals surface area contributed by atoms with E-state index < -0.39 is 6.10 Å². The number of aliphatic hydroxyl groups excluding tert-OH is 1. The summed E-state index contributed by atoms with van der Waals surface area (Å²) in [4.78, 5) is 20.7. The molecule has 1 amide bonds. The molecule has 6 heteroatoms. The average molecular weight is 370 g/mol. The monoisotopic (exact) mass is 370 g/mol. The molecule has 2 N–H and O–H groups in total. The molecule has 0 saturated carbocycles. The number of hydrogen-bond donors (Lipinski definition) is 2. The van der Waals surface area contributed by atoms with Crippen LogP contribution in [0.25, 0.3) is 0 Å². The van der Waals surface area contributed by atoms with E-state index in [0.717, 1.165) is 51.2 Å². The van der Waals surface area contributed by atoms with Crippen molar-refractivity contribution in [3.8, 4) is 0 Å². The van der Waals surface area contributed by atoms with Gasteiger partial charge in [-0.1, -0.05) is 30.8 Å². The van der Waals surface area contributed by atoms with Crippen molar-refractivity contribution in [3.63, 3.8) is 0 Å².